The third kappa shape index (κ3) is 8.76. The van der Waals surface area contributed by atoms with Gasteiger partial charge in [0.25, 0.3) is 0 Å². The zero-order valence-corrected chi connectivity index (χ0v) is 17.1. The van der Waals surface area contributed by atoms with E-state index in [1.807, 2.05) is 13.8 Å². The Morgan fingerprint density at radius 1 is 1.25 bits per heavy atom. The van der Waals surface area contributed by atoms with E-state index >= 15 is 0 Å². The molecule has 1 rings (SSSR count). The maximum absolute atomic E-state index is 13.2. The van der Waals surface area contributed by atoms with Crippen molar-refractivity contribution >= 4 is 39.8 Å². The third-order valence-electron chi connectivity index (χ3n) is 3.15. The molecule has 138 valence electrons. The van der Waals surface area contributed by atoms with Crippen molar-refractivity contribution in [2.45, 2.75) is 19.8 Å². The molecule has 0 heterocycles. The zero-order chi connectivity index (χ0) is 17.5. The van der Waals surface area contributed by atoms with Gasteiger partial charge in [0, 0.05) is 31.8 Å². The molecule has 1 atom stereocenters. The van der Waals surface area contributed by atoms with Crippen LogP contribution in [0.1, 0.15) is 25.3 Å². The lowest BCUT2D eigenvalue weighted by atomic mass is 10.0. The highest BCUT2D eigenvalue weighted by Crippen LogP contribution is 2.18. The van der Waals surface area contributed by atoms with Gasteiger partial charge in [0.2, 0.25) is 0 Å². The summed E-state index contributed by atoms with van der Waals surface area (Å²) in [5.41, 5.74) is 0.652. The summed E-state index contributed by atoms with van der Waals surface area (Å²) in [7, 11) is -3.04. The van der Waals surface area contributed by atoms with Crippen LogP contribution in [0.4, 0.5) is 8.78 Å². The molecule has 9 heteroatoms. The molecule has 0 radical (unpaired) electrons. The smallest absolute Gasteiger partial charge is 0.191 e. The van der Waals surface area contributed by atoms with Crippen LogP contribution < -0.4 is 10.6 Å². The lowest BCUT2D eigenvalue weighted by Crippen LogP contribution is -2.39. The van der Waals surface area contributed by atoms with Gasteiger partial charge in [-0.1, -0.05) is 13.0 Å². The molecule has 0 aliphatic heterocycles. The van der Waals surface area contributed by atoms with Gasteiger partial charge >= 0.3 is 0 Å². The minimum absolute atomic E-state index is 0. The van der Waals surface area contributed by atoms with E-state index in [-0.39, 0.29) is 42.2 Å². The van der Waals surface area contributed by atoms with Gasteiger partial charge < -0.3 is 10.6 Å². The topological polar surface area (TPSA) is 70.6 Å². The summed E-state index contributed by atoms with van der Waals surface area (Å²) >= 11 is 0. The maximum Gasteiger partial charge on any atom is 0.191 e. The number of rotatable bonds is 7. The van der Waals surface area contributed by atoms with Gasteiger partial charge in [0.1, 0.15) is 9.84 Å². The van der Waals surface area contributed by atoms with Crippen LogP contribution in [0.15, 0.2) is 23.2 Å². The standard InChI is InChI=1S/C15H23F2N3O2S.HI/c1-4-18-15(19-7-8-23(3,21)22)20-10-11(2)12-5-6-13(16)14(17)9-12;/h5-6,9,11H,4,7-8,10H2,1-3H3,(H2,18,19,20);1H. The van der Waals surface area contributed by atoms with E-state index < -0.39 is 21.5 Å². The van der Waals surface area contributed by atoms with Crippen molar-refractivity contribution in [3.63, 3.8) is 0 Å². The quantitative estimate of drug-likeness (QED) is 0.361. The molecule has 0 fully saturated rings. The molecule has 0 saturated carbocycles. The second-order valence-electron chi connectivity index (χ2n) is 5.35. The molecule has 0 aliphatic carbocycles. The van der Waals surface area contributed by atoms with E-state index in [1.165, 1.54) is 18.4 Å². The number of guanidine groups is 1. The van der Waals surface area contributed by atoms with Crippen molar-refractivity contribution in [2.24, 2.45) is 4.99 Å². The fraction of sp³-hybridized carbons (Fsp3) is 0.533. The summed E-state index contributed by atoms with van der Waals surface area (Å²) in [6.45, 7) is 5.00. The van der Waals surface area contributed by atoms with E-state index in [0.717, 1.165) is 6.07 Å². The van der Waals surface area contributed by atoms with Gasteiger partial charge in [-0.25, -0.2) is 17.2 Å². The summed E-state index contributed by atoms with van der Waals surface area (Å²) in [5.74, 6) is -1.35. The summed E-state index contributed by atoms with van der Waals surface area (Å²) in [4.78, 5) is 4.34. The van der Waals surface area contributed by atoms with E-state index in [9.17, 15) is 17.2 Å². The van der Waals surface area contributed by atoms with Crippen molar-refractivity contribution in [1.82, 2.24) is 10.6 Å². The normalized spacial score (nSPS) is 13.1. The van der Waals surface area contributed by atoms with Crippen molar-refractivity contribution in [2.75, 3.05) is 31.6 Å². The molecular formula is C15H24F2IN3O2S. The van der Waals surface area contributed by atoms with Gasteiger partial charge in [-0.2, -0.15) is 0 Å². The summed E-state index contributed by atoms with van der Waals surface area (Å²) in [6, 6.07) is 3.79. The monoisotopic (exact) mass is 475 g/mol. The van der Waals surface area contributed by atoms with Crippen LogP contribution in [0, 0.1) is 11.6 Å². The predicted molar refractivity (Wildman–Crippen MR) is 104 cm³/mol. The van der Waals surface area contributed by atoms with Crippen LogP contribution in [0.3, 0.4) is 0 Å². The SMILES string of the molecule is CCNC(=NCC(C)c1ccc(F)c(F)c1)NCCS(C)(=O)=O.I. The molecule has 5 nitrogen and oxygen atoms in total. The maximum atomic E-state index is 13.2. The Bertz CT molecular complexity index is 654. The number of aliphatic imine (C=N–C) groups is 1. The number of halogens is 3. The van der Waals surface area contributed by atoms with Crippen molar-refractivity contribution in [1.29, 1.82) is 0 Å². The highest BCUT2D eigenvalue weighted by atomic mass is 127. The minimum atomic E-state index is -3.04. The molecule has 0 amide bonds. The Balaban J connectivity index is 0.00000529. The van der Waals surface area contributed by atoms with Crippen molar-refractivity contribution < 1.29 is 17.2 Å². The highest BCUT2D eigenvalue weighted by molar-refractivity contribution is 14.0. The van der Waals surface area contributed by atoms with Gasteiger partial charge in [0.15, 0.2) is 17.6 Å². The number of hydrogen-bond donors (Lipinski definition) is 2. The Hall–Kier alpha value is -0.970. The molecule has 1 aromatic rings. The van der Waals surface area contributed by atoms with Crippen LogP contribution >= 0.6 is 24.0 Å². The van der Waals surface area contributed by atoms with Gasteiger partial charge in [-0.05, 0) is 24.6 Å². The highest BCUT2D eigenvalue weighted by Gasteiger charge is 2.10. The number of sulfone groups is 1. The molecule has 24 heavy (non-hydrogen) atoms. The van der Waals surface area contributed by atoms with E-state index in [2.05, 4.69) is 15.6 Å². The average molecular weight is 475 g/mol. The predicted octanol–water partition coefficient (Wildman–Crippen LogP) is 2.29. The Morgan fingerprint density at radius 2 is 1.92 bits per heavy atom. The fourth-order valence-electron chi connectivity index (χ4n) is 1.85. The van der Waals surface area contributed by atoms with Crippen LogP contribution in [-0.4, -0.2) is 46.0 Å². The van der Waals surface area contributed by atoms with Gasteiger partial charge in [0.05, 0.1) is 5.75 Å². The average Bonchev–Trinajstić information content (AvgIpc) is 2.46. The molecule has 0 aromatic heterocycles. The Morgan fingerprint density at radius 3 is 2.46 bits per heavy atom. The van der Waals surface area contributed by atoms with Gasteiger partial charge in [-0.15, -0.1) is 24.0 Å². The molecule has 1 aromatic carbocycles. The molecule has 0 aliphatic rings. The summed E-state index contributed by atoms with van der Waals surface area (Å²) < 4.78 is 48.4. The lowest BCUT2D eigenvalue weighted by Gasteiger charge is -2.13. The van der Waals surface area contributed by atoms with Crippen LogP contribution in [0.25, 0.3) is 0 Å². The van der Waals surface area contributed by atoms with E-state index in [4.69, 9.17) is 0 Å². The second kappa shape index (κ2) is 10.8. The van der Waals surface area contributed by atoms with Crippen LogP contribution in [-0.2, 0) is 9.84 Å². The first-order valence-corrected chi connectivity index (χ1v) is 9.44. The Labute approximate surface area is 159 Å². The number of nitrogens with zero attached hydrogens (tertiary/aromatic N) is 1. The summed E-state index contributed by atoms with van der Waals surface area (Å²) in [6.07, 6.45) is 1.17. The second-order valence-corrected chi connectivity index (χ2v) is 7.61. The van der Waals surface area contributed by atoms with Gasteiger partial charge in [-0.3, -0.25) is 4.99 Å². The molecule has 0 spiro atoms. The first-order valence-electron chi connectivity index (χ1n) is 7.37. The number of nitrogens with one attached hydrogen (secondary N) is 2. The first kappa shape index (κ1) is 23.0. The minimum Gasteiger partial charge on any atom is -0.357 e. The van der Waals surface area contributed by atoms with Crippen LogP contribution in [0.5, 0.6) is 0 Å². The molecule has 1 unspecified atom stereocenters. The number of benzene rings is 1. The third-order valence-corrected chi connectivity index (χ3v) is 4.09. The first-order chi connectivity index (χ1) is 10.7. The molecule has 2 N–H and O–H groups in total. The molecule has 0 bridgehead atoms. The summed E-state index contributed by atoms with van der Waals surface area (Å²) in [5, 5.41) is 5.94. The Kier molecular flexibility index (Phi) is 10.4. The van der Waals surface area contributed by atoms with Crippen LogP contribution in [0.2, 0.25) is 0 Å². The van der Waals surface area contributed by atoms with E-state index in [0.29, 0.717) is 24.6 Å². The van der Waals surface area contributed by atoms with Crippen molar-refractivity contribution in [3.05, 3.63) is 35.4 Å². The zero-order valence-electron chi connectivity index (χ0n) is 14.0. The number of hydrogen-bond acceptors (Lipinski definition) is 3. The largest absolute Gasteiger partial charge is 0.357 e. The molecule has 0 saturated heterocycles. The molecular weight excluding hydrogens is 451 g/mol. The fourth-order valence-corrected chi connectivity index (χ4v) is 2.32. The lowest BCUT2D eigenvalue weighted by molar-refractivity contribution is 0.505. The van der Waals surface area contributed by atoms with E-state index in [1.54, 1.807) is 0 Å². The van der Waals surface area contributed by atoms with Crippen molar-refractivity contribution in [3.8, 4) is 0 Å².